The number of fused-ring (bicyclic) bond motifs is 1. The molecule has 1 amide bonds. The highest BCUT2D eigenvalue weighted by molar-refractivity contribution is 5.99. The third-order valence-electron chi connectivity index (χ3n) is 2.90. The molecule has 2 rings (SSSR count). The number of anilines is 1. The zero-order valence-electron chi connectivity index (χ0n) is 10.3. The second-order valence-corrected chi connectivity index (χ2v) is 4.51. The van der Waals surface area contributed by atoms with Crippen LogP contribution in [0, 0.1) is 0 Å². The molecule has 2 unspecified atom stereocenters. The van der Waals surface area contributed by atoms with Gasteiger partial charge in [0.15, 0.2) is 6.10 Å². The lowest BCUT2D eigenvalue weighted by Gasteiger charge is -2.30. The lowest BCUT2D eigenvalue weighted by Crippen LogP contribution is -2.42. The van der Waals surface area contributed by atoms with Crippen LogP contribution in [0.5, 0.6) is 5.75 Å². The molecule has 0 fully saturated rings. The van der Waals surface area contributed by atoms with Gasteiger partial charge in [-0.2, -0.15) is 0 Å². The largest absolute Gasteiger partial charge is 0.479 e. The zero-order valence-corrected chi connectivity index (χ0v) is 10.3. The highest BCUT2D eigenvalue weighted by Gasteiger charge is 2.28. The molecule has 1 heterocycles. The van der Waals surface area contributed by atoms with Gasteiger partial charge in [0.05, 0.1) is 11.8 Å². The van der Waals surface area contributed by atoms with E-state index in [-0.39, 0.29) is 5.91 Å². The Balaban J connectivity index is 2.35. The molecule has 0 aliphatic carbocycles. The van der Waals surface area contributed by atoms with Gasteiger partial charge in [-0.1, -0.05) is 6.07 Å². The van der Waals surface area contributed by atoms with Crippen molar-refractivity contribution in [1.82, 2.24) is 0 Å². The quantitative estimate of drug-likeness (QED) is 0.842. The molecule has 17 heavy (non-hydrogen) atoms. The normalized spacial score (nSPS) is 20.8. The molecule has 0 radical (unpaired) electrons. The molecule has 2 atom stereocenters. The summed E-state index contributed by atoms with van der Waals surface area (Å²) in [7, 11) is 1.74. The highest BCUT2D eigenvalue weighted by atomic mass is 16.5. The van der Waals surface area contributed by atoms with E-state index >= 15 is 0 Å². The van der Waals surface area contributed by atoms with Gasteiger partial charge >= 0.3 is 0 Å². The van der Waals surface area contributed by atoms with Crippen LogP contribution in [-0.4, -0.2) is 30.3 Å². The molecule has 1 aliphatic heterocycles. The number of benzene rings is 1. The molecule has 92 valence electrons. The summed E-state index contributed by atoms with van der Waals surface area (Å²) in [4.78, 5) is 13.4. The first-order valence-corrected chi connectivity index (χ1v) is 5.74. The van der Waals surface area contributed by atoms with E-state index < -0.39 is 12.2 Å². The second-order valence-electron chi connectivity index (χ2n) is 4.51. The van der Waals surface area contributed by atoms with Gasteiger partial charge in [-0.05, 0) is 38.0 Å². The van der Waals surface area contributed by atoms with Crippen LogP contribution < -0.4 is 9.64 Å². The first-order chi connectivity index (χ1) is 7.99. The molecular formula is C13H17NO3. The standard InChI is InChI=1S/C13H17NO3/c1-8(15)6-10-4-5-12-11(7-10)14(3)13(16)9(2)17-12/h4-5,7-9,15H,6H2,1-3H3. The van der Waals surface area contributed by atoms with Crippen molar-refractivity contribution >= 4 is 11.6 Å². The molecule has 1 aromatic carbocycles. The average molecular weight is 235 g/mol. The number of aliphatic hydroxyl groups excluding tert-OH is 1. The average Bonchev–Trinajstić information content (AvgIpc) is 2.26. The molecule has 1 aliphatic rings. The predicted octanol–water partition coefficient (Wildman–Crippen LogP) is 1.35. The van der Waals surface area contributed by atoms with Crippen molar-refractivity contribution in [2.24, 2.45) is 0 Å². The van der Waals surface area contributed by atoms with Crippen LogP contribution in [0.25, 0.3) is 0 Å². The number of carbonyl (C=O) groups is 1. The minimum Gasteiger partial charge on any atom is -0.479 e. The summed E-state index contributed by atoms with van der Waals surface area (Å²) in [5.41, 5.74) is 1.77. The van der Waals surface area contributed by atoms with Gasteiger partial charge in [-0.15, -0.1) is 0 Å². The van der Waals surface area contributed by atoms with Gasteiger partial charge in [0, 0.05) is 7.05 Å². The number of hydrogen-bond acceptors (Lipinski definition) is 3. The van der Waals surface area contributed by atoms with Crippen molar-refractivity contribution in [2.75, 3.05) is 11.9 Å². The maximum Gasteiger partial charge on any atom is 0.267 e. The Bertz CT molecular complexity index is 442. The number of hydrogen-bond donors (Lipinski definition) is 1. The molecule has 1 N–H and O–H groups in total. The van der Waals surface area contributed by atoms with Crippen LogP contribution in [0.4, 0.5) is 5.69 Å². The van der Waals surface area contributed by atoms with Gasteiger partial charge in [-0.3, -0.25) is 4.79 Å². The summed E-state index contributed by atoms with van der Waals surface area (Å²) in [5, 5.41) is 9.36. The van der Waals surface area contributed by atoms with Crippen LogP contribution in [0.1, 0.15) is 19.4 Å². The minimum atomic E-state index is -0.435. The Kier molecular flexibility index (Phi) is 3.07. The van der Waals surface area contributed by atoms with Crippen molar-refractivity contribution < 1.29 is 14.6 Å². The van der Waals surface area contributed by atoms with Crippen LogP contribution in [-0.2, 0) is 11.2 Å². The van der Waals surface area contributed by atoms with Gasteiger partial charge < -0.3 is 14.7 Å². The third-order valence-corrected chi connectivity index (χ3v) is 2.90. The molecule has 1 aromatic rings. The van der Waals surface area contributed by atoms with Crippen molar-refractivity contribution in [3.8, 4) is 5.75 Å². The number of amides is 1. The fourth-order valence-corrected chi connectivity index (χ4v) is 2.03. The third kappa shape index (κ3) is 2.26. The molecule has 0 saturated carbocycles. The number of ether oxygens (including phenoxy) is 1. The summed E-state index contributed by atoms with van der Waals surface area (Å²) in [6, 6.07) is 5.67. The fourth-order valence-electron chi connectivity index (χ4n) is 2.03. The van der Waals surface area contributed by atoms with Crippen LogP contribution in [0.15, 0.2) is 18.2 Å². The number of rotatable bonds is 2. The Hall–Kier alpha value is -1.55. The van der Waals surface area contributed by atoms with Gasteiger partial charge in [-0.25, -0.2) is 0 Å². The molecule has 4 heteroatoms. The number of carbonyl (C=O) groups excluding carboxylic acids is 1. The van der Waals surface area contributed by atoms with E-state index in [1.165, 1.54) is 0 Å². The fraction of sp³-hybridized carbons (Fsp3) is 0.462. The topological polar surface area (TPSA) is 49.8 Å². The Morgan fingerprint density at radius 1 is 1.53 bits per heavy atom. The summed E-state index contributed by atoms with van der Waals surface area (Å²) in [6.07, 6.45) is -0.252. The predicted molar refractivity (Wildman–Crippen MR) is 65.3 cm³/mol. The molecule has 0 aromatic heterocycles. The SMILES string of the molecule is CC(O)Cc1ccc2c(c1)N(C)C(=O)C(C)O2. The van der Waals surface area contributed by atoms with E-state index in [0.717, 1.165) is 11.3 Å². The summed E-state index contributed by atoms with van der Waals surface area (Å²) < 4.78 is 5.52. The first-order valence-electron chi connectivity index (χ1n) is 5.74. The smallest absolute Gasteiger partial charge is 0.267 e. The van der Waals surface area contributed by atoms with E-state index in [4.69, 9.17) is 4.74 Å². The van der Waals surface area contributed by atoms with E-state index in [2.05, 4.69) is 0 Å². The highest BCUT2D eigenvalue weighted by Crippen LogP contribution is 2.34. The van der Waals surface area contributed by atoms with E-state index in [0.29, 0.717) is 12.2 Å². The molecule has 0 spiro atoms. The lowest BCUT2D eigenvalue weighted by molar-refractivity contribution is -0.125. The maximum atomic E-state index is 11.8. The van der Waals surface area contributed by atoms with Crippen LogP contribution in [0.3, 0.4) is 0 Å². The van der Waals surface area contributed by atoms with Crippen molar-refractivity contribution in [1.29, 1.82) is 0 Å². The first kappa shape index (κ1) is 11.9. The van der Waals surface area contributed by atoms with Crippen LogP contribution >= 0.6 is 0 Å². The van der Waals surface area contributed by atoms with E-state index in [1.807, 2.05) is 18.2 Å². The minimum absolute atomic E-state index is 0.0494. The Morgan fingerprint density at radius 3 is 2.88 bits per heavy atom. The molecule has 0 bridgehead atoms. The summed E-state index contributed by atoms with van der Waals surface area (Å²) in [6.45, 7) is 3.48. The zero-order chi connectivity index (χ0) is 12.6. The van der Waals surface area contributed by atoms with E-state index in [9.17, 15) is 9.90 Å². The van der Waals surface area contributed by atoms with E-state index in [1.54, 1.807) is 25.8 Å². The van der Waals surface area contributed by atoms with Crippen molar-refractivity contribution in [2.45, 2.75) is 32.5 Å². The summed E-state index contributed by atoms with van der Waals surface area (Å²) >= 11 is 0. The lowest BCUT2D eigenvalue weighted by atomic mass is 10.1. The number of aliphatic hydroxyl groups is 1. The molecular weight excluding hydrogens is 218 g/mol. The Morgan fingerprint density at radius 2 is 2.24 bits per heavy atom. The number of likely N-dealkylation sites (N-methyl/N-ethyl adjacent to an activating group) is 1. The van der Waals surface area contributed by atoms with Gasteiger partial charge in [0.1, 0.15) is 5.75 Å². The molecule has 0 saturated heterocycles. The Labute approximate surface area is 101 Å². The second kappa shape index (κ2) is 4.37. The summed E-state index contributed by atoms with van der Waals surface area (Å²) in [5.74, 6) is 0.667. The van der Waals surface area contributed by atoms with Crippen molar-refractivity contribution in [3.05, 3.63) is 23.8 Å². The van der Waals surface area contributed by atoms with Gasteiger partial charge in [0.25, 0.3) is 5.91 Å². The van der Waals surface area contributed by atoms with Gasteiger partial charge in [0.2, 0.25) is 0 Å². The molecule has 4 nitrogen and oxygen atoms in total. The maximum absolute atomic E-state index is 11.8. The number of nitrogens with zero attached hydrogens (tertiary/aromatic N) is 1. The van der Waals surface area contributed by atoms with Crippen molar-refractivity contribution in [3.63, 3.8) is 0 Å². The monoisotopic (exact) mass is 235 g/mol. The van der Waals surface area contributed by atoms with Crippen LogP contribution in [0.2, 0.25) is 0 Å².